The minimum atomic E-state index is -3.66. The highest BCUT2D eigenvalue weighted by Gasteiger charge is 2.27. The van der Waals surface area contributed by atoms with Crippen LogP contribution in [0.1, 0.15) is 5.56 Å². The Kier molecular flexibility index (Phi) is 5.12. The van der Waals surface area contributed by atoms with E-state index < -0.39 is 5.57 Å². The first-order valence-electron chi connectivity index (χ1n) is 3.56. The summed E-state index contributed by atoms with van der Waals surface area (Å²) in [4.78, 5) is 0. The lowest BCUT2D eigenvalue weighted by Gasteiger charge is -2.10. The number of rotatable bonds is 3. The normalized spacial score (nSPS) is 10.6. The second-order valence-electron chi connectivity index (χ2n) is 2.40. The summed E-state index contributed by atoms with van der Waals surface area (Å²) in [5.74, 6) is 0.0113. The quantitative estimate of drug-likeness (QED) is 0.829. The molecule has 0 aliphatic rings. The van der Waals surface area contributed by atoms with Gasteiger partial charge in [-0.2, -0.15) is 0 Å². The Morgan fingerprint density at radius 3 is 2.14 bits per heavy atom. The van der Waals surface area contributed by atoms with Crippen molar-refractivity contribution in [3.63, 3.8) is 0 Å². The molecule has 0 aliphatic carbocycles. The Morgan fingerprint density at radius 1 is 1.29 bits per heavy atom. The average Bonchev–Trinajstić information content (AvgIpc) is 2.03. The van der Waals surface area contributed by atoms with Gasteiger partial charge in [0.1, 0.15) is 5.75 Å². The number of benzene rings is 1. The fraction of sp³-hybridized carbons (Fsp3) is 0.250. The molecule has 0 saturated carbocycles. The van der Waals surface area contributed by atoms with Crippen LogP contribution in [-0.4, -0.2) is 5.57 Å². The average molecular weight is 244 g/mol. The van der Waals surface area contributed by atoms with E-state index in [2.05, 4.69) is 16.3 Å². The van der Waals surface area contributed by atoms with Gasteiger partial charge in [0.2, 0.25) is 0 Å². The van der Waals surface area contributed by atoms with E-state index in [1.807, 2.05) is 0 Å². The molecule has 1 rings (SSSR count). The summed E-state index contributed by atoms with van der Waals surface area (Å²) in [7, 11) is 0. The van der Waals surface area contributed by atoms with Gasteiger partial charge in [-0.05, 0) is 17.7 Å². The Labute approximate surface area is 91.4 Å². The molecule has 80 valence electrons. The predicted molar refractivity (Wildman–Crippen MR) is 53.0 cm³/mol. The van der Waals surface area contributed by atoms with Gasteiger partial charge in [-0.1, -0.05) is 12.1 Å². The number of ether oxygens (including phenoxy) is 1. The third-order valence-electron chi connectivity index (χ3n) is 1.39. The highest BCUT2D eigenvalue weighted by Crippen LogP contribution is 2.24. The topological polar surface area (TPSA) is 35.2 Å². The van der Waals surface area contributed by atoms with Gasteiger partial charge in [-0.25, -0.2) is 0 Å². The molecular weight excluding hydrogens is 235 g/mol. The first kappa shape index (κ1) is 13.4. The summed E-state index contributed by atoms with van der Waals surface area (Å²) in [6.07, 6.45) is 0. The molecule has 0 amide bonds. The molecule has 0 aliphatic heterocycles. The smallest absolute Gasteiger partial charge is 0.420 e. The van der Waals surface area contributed by atoms with Crippen molar-refractivity contribution in [2.75, 3.05) is 0 Å². The van der Waals surface area contributed by atoms with Crippen LogP contribution in [0.15, 0.2) is 24.3 Å². The molecule has 14 heavy (non-hydrogen) atoms. The molecule has 6 heteroatoms. The zero-order chi connectivity index (χ0) is 9.90. The first-order valence-corrected chi connectivity index (χ1v) is 3.94. The number of alkyl halides is 3. The minimum absolute atomic E-state index is 0. The van der Waals surface area contributed by atoms with Crippen molar-refractivity contribution in [2.24, 2.45) is 5.73 Å². The van der Waals surface area contributed by atoms with E-state index in [0.717, 1.165) is 5.56 Å². The van der Waals surface area contributed by atoms with Crippen molar-refractivity contribution in [1.82, 2.24) is 0 Å². The minimum Gasteiger partial charge on any atom is -0.420 e. The summed E-state index contributed by atoms with van der Waals surface area (Å²) in [5, 5.41) is 0. The summed E-state index contributed by atoms with van der Waals surface area (Å²) in [6, 6.07) is 5.97. The van der Waals surface area contributed by atoms with Crippen LogP contribution in [0.4, 0.5) is 8.78 Å². The predicted octanol–water partition coefficient (Wildman–Crippen LogP) is 2.74. The Morgan fingerprint density at radius 2 is 1.79 bits per heavy atom. The molecular formula is C8H9Cl2F2NO. The standard InChI is InChI=1S/C8H8ClF2NO.ClH/c9-8(10,11)13-7-3-1-6(5-12)2-4-7;/h1-4H,5,12H2;1H. The lowest BCUT2D eigenvalue weighted by atomic mass is 10.2. The third kappa shape index (κ3) is 4.60. The monoisotopic (exact) mass is 243 g/mol. The lowest BCUT2D eigenvalue weighted by Crippen LogP contribution is -2.15. The van der Waals surface area contributed by atoms with Gasteiger partial charge in [0.25, 0.3) is 0 Å². The Hall–Kier alpha value is -0.580. The molecule has 1 aromatic carbocycles. The largest absolute Gasteiger partial charge is 0.487 e. The van der Waals surface area contributed by atoms with E-state index in [9.17, 15) is 8.78 Å². The van der Waals surface area contributed by atoms with E-state index in [4.69, 9.17) is 5.73 Å². The van der Waals surface area contributed by atoms with Crippen LogP contribution in [0.3, 0.4) is 0 Å². The molecule has 0 heterocycles. The SMILES string of the molecule is Cl.NCc1ccc(OC(F)(F)Cl)cc1. The van der Waals surface area contributed by atoms with Crippen LogP contribution in [0.2, 0.25) is 0 Å². The van der Waals surface area contributed by atoms with Crippen molar-refractivity contribution < 1.29 is 13.5 Å². The molecule has 0 fully saturated rings. The van der Waals surface area contributed by atoms with Crippen LogP contribution >= 0.6 is 24.0 Å². The van der Waals surface area contributed by atoms with Crippen LogP contribution in [0.25, 0.3) is 0 Å². The molecule has 0 atom stereocenters. The highest BCUT2D eigenvalue weighted by atomic mass is 35.5. The number of nitrogens with two attached hydrogens (primary N) is 1. The zero-order valence-corrected chi connectivity index (χ0v) is 8.62. The van der Waals surface area contributed by atoms with Crippen molar-refractivity contribution >= 4 is 24.0 Å². The number of hydrogen-bond donors (Lipinski definition) is 1. The van der Waals surface area contributed by atoms with Gasteiger partial charge in [0.15, 0.2) is 0 Å². The van der Waals surface area contributed by atoms with Gasteiger partial charge in [-0.3, -0.25) is 0 Å². The van der Waals surface area contributed by atoms with E-state index in [1.54, 1.807) is 12.1 Å². The summed E-state index contributed by atoms with van der Waals surface area (Å²) < 4.78 is 28.3. The maximum atomic E-state index is 12.1. The maximum absolute atomic E-state index is 12.1. The van der Waals surface area contributed by atoms with Crippen LogP contribution in [-0.2, 0) is 6.54 Å². The van der Waals surface area contributed by atoms with Crippen molar-refractivity contribution in [2.45, 2.75) is 12.1 Å². The molecule has 0 spiro atoms. The van der Waals surface area contributed by atoms with Crippen molar-refractivity contribution in [3.8, 4) is 5.75 Å². The molecule has 2 nitrogen and oxygen atoms in total. The van der Waals surface area contributed by atoms with E-state index in [0.29, 0.717) is 6.54 Å². The molecule has 0 unspecified atom stereocenters. The zero-order valence-electron chi connectivity index (χ0n) is 7.04. The second kappa shape index (κ2) is 5.34. The number of halogens is 4. The lowest BCUT2D eigenvalue weighted by molar-refractivity contribution is -0.0964. The van der Waals surface area contributed by atoms with Crippen LogP contribution in [0, 0.1) is 0 Å². The Balaban J connectivity index is 0.00000169. The summed E-state index contributed by atoms with van der Waals surface area (Å²) >= 11 is 4.56. The molecule has 0 aromatic heterocycles. The maximum Gasteiger partial charge on any atom is 0.487 e. The summed E-state index contributed by atoms with van der Waals surface area (Å²) in [5.41, 5.74) is 2.49. The molecule has 0 bridgehead atoms. The van der Waals surface area contributed by atoms with Crippen LogP contribution in [0.5, 0.6) is 5.75 Å². The molecule has 0 saturated heterocycles. The summed E-state index contributed by atoms with van der Waals surface area (Å²) in [6.45, 7) is 0.359. The molecule has 2 N–H and O–H groups in total. The van der Waals surface area contributed by atoms with E-state index in [-0.39, 0.29) is 18.2 Å². The van der Waals surface area contributed by atoms with Crippen LogP contribution < -0.4 is 10.5 Å². The van der Waals surface area contributed by atoms with Gasteiger partial charge in [0.05, 0.1) is 0 Å². The van der Waals surface area contributed by atoms with Gasteiger partial charge < -0.3 is 10.5 Å². The molecule has 0 radical (unpaired) electrons. The highest BCUT2D eigenvalue weighted by molar-refractivity contribution is 6.20. The van der Waals surface area contributed by atoms with Crippen molar-refractivity contribution in [3.05, 3.63) is 29.8 Å². The Bertz CT molecular complexity index is 274. The first-order chi connectivity index (χ1) is 6.01. The fourth-order valence-corrected chi connectivity index (χ4v) is 0.916. The second-order valence-corrected chi connectivity index (χ2v) is 2.84. The van der Waals surface area contributed by atoms with Gasteiger partial charge in [0, 0.05) is 18.1 Å². The van der Waals surface area contributed by atoms with Gasteiger partial charge in [-0.15, -0.1) is 21.2 Å². The number of hydrogen-bond acceptors (Lipinski definition) is 2. The third-order valence-corrected chi connectivity index (χ3v) is 1.47. The molecule has 1 aromatic rings. The fourth-order valence-electron chi connectivity index (χ4n) is 0.827. The van der Waals surface area contributed by atoms with E-state index >= 15 is 0 Å². The van der Waals surface area contributed by atoms with Crippen molar-refractivity contribution in [1.29, 1.82) is 0 Å². The van der Waals surface area contributed by atoms with E-state index in [1.165, 1.54) is 12.1 Å². The van der Waals surface area contributed by atoms with Gasteiger partial charge >= 0.3 is 5.57 Å².